The fourth-order valence-electron chi connectivity index (χ4n) is 4.62. The van der Waals surface area contributed by atoms with E-state index in [9.17, 15) is 39.4 Å². The predicted octanol–water partition coefficient (Wildman–Crippen LogP) is 0.849. The molecule has 0 aliphatic heterocycles. The Bertz CT molecular complexity index is 1940. The molecule has 3 aromatic rings. The van der Waals surface area contributed by atoms with E-state index in [0.717, 1.165) is 6.07 Å². The maximum absolute atomic E-state index is 13.6. The average molecular weight is 639 g/mol. The van der Waals surface area contributed by atoms with E-state index in [4.69, 9.17) is 15.9 Å². The Balaban J connectivity index is 1.96. The molecule has 0 radical (unpaired) electrons. The van der Waals surface area contributed by atoms with Crippen molar-refractivity contribution in [1.29, 1.82) is 0 Å². The summed E-state index contributed by atoms with van der Waals surface area (Å²) < 4.78 is 84.2. The fourth-order valence-corrected chi connectivity index (χ4v) is 7.52. The maximum atomic E-state index is 13.6. The van der Waals surface area contributed by atoms with Crippen molar-refractivity contribution in [1.82, 2.24) is 0 Å². The second-order valence-corrected chi connectivity index (χ2v) is 15.3. The molecule has 0 bridgehead atoms. The third kappa shape index (κ3) is 6.38. The molecule has 0 saturated carbocycles. The first-order valence-corrected chi connectivity index (χ1v) is 17.3. The van der Waals surface area contributed by atoms with Crippen LogP contribution in [0.1, 0.15) is 43.0 Å². The maximum Gasteiger partial charge on any atom is 0.296 e. The Kier molecular flexibility index (Phi) is 8.59. The number of rotatable bonds is 11. The van der Waals surface area contributed by atoms with Crippen LogP contribution >= 0.6 is 0 Å². The number of carbonyl (C=O) groups excluding carboxylic acids is 2. The summed E-state index contributed by atoms with van der Waals surface area (Å²) in [6, 6.07) is 10.5. The van der Waals surface area contributed by atoms with E-state index in [0.29, 0.717) is 0 Å². The molecule has 0 saturated heterocycles. The topological polar surface area (TPSA) is 235 Å². The highest BCUT2D eigenvalue weighted by Crippen LogP contribution is 2.40. The SMILES string of the molecule is Nc1c(S(=O)(=O)O)cc(Nc2cc(CS(=O)(=O)CCO)ccc2CS(=O)(=O)CCO)c2c1C(=O)c1ccccc1C2=O. The number of nitrogens with two attached hydrogens (primary N) is 1. The minimum absolute atomic E-state index is 0.00773. The quantitative estimate of drug-likeness (QED) is 0.113. The van der Waals surface area contributed by atoms with E-state index < -0.39 is 93.7 Å². The Morgan fingerprint density at radius 2 is 1.26 bits per heavy atom. The minimum Gasteiger partial charge on any atom is -0.397 e. The van der Waals surface area contributed by atoms with Gasteiger partial charge in [0.05, 0.1) is 58.7 Å². The first-order chi connectivity index (χ1) is 19.6. The number of sulfone groups is 2. The first-order valence-electron chi connectivity index (χ1n) is 12.2. The van der Waals surface area contributed by atoms with Crippen LogP contribution < -0.4 is 11.1 Å². The van der Waals surface area contributed by atoms with Gasteiger partial charge in [0.15, 0.2) is 31.2 Å². The summed E-state index contributed by atoms with van der Waals surface area (Å²) in [7, 11) is -12.7. The van der Waals surface area contributed by atoms with Gasteiger partial charge >= 0.3 is 0 Å². The molecule has 3 aromatic carbocycles. The van der Waals surface area contributed by atoms with Gasteiger partial charge in [0.1, 0.15) is 4.90 Å². The van der Waals surface area contributed by atoms with Crippen molar-refractivity contribution in [2.45, 2.75) is 16.4 Å². The van der Waals surface area contributed by atoms with Crippen molar-refractivity contribution in [3.05, 3.63) is 81.9 Å². The smallest absolute Gasteiger partial charge is 0.296 e. The van der Waals surface area contributed by atoms with Crippen molar-refractivity contribution in [2.75, 3.05) is 35.8 Å². The molecular formula is C26H26N2O11S3. The summed E-state index contributed by atoms with van der Waals surface area (Å²) in [5.41, 5.74) is 4.26. The normalized spacial score (nSPS) is 13.5. The van der Waals surface area contributed by atoms with E-state index in [1.165, 1.54) is 42.5 Å². The van der Waals surface area contributed by atoms with Crippen LogP contribution in [0.5, 0.6) is 0 Å². The molecule has 6 N–H and O–H groups in total. The summed E-state index contributed by atoms with van der Waals surface area (Å²) in [5, 5.41) is 21.0. The lowest BCUT2D eigenvalue weighted by atomic mass is 9.82. The number of fused-ring (bicyclic) bond motifs is 2. The van der Waals surface area contributed by atoms with Gasteiger partial charge in [0.25, 0.3) is 10.1 Å². The number of nitrogens with one attached hydrogen (secondary N) is 1. The number of aliphatic hydroxyl groups excluding tert-OH is 2. The van der Waals surface area contributed by atoms with E-state index >= 15 is 0 Å². The number of ketones is 2. The molecule has 0 heterocycles. The van der Waals surface area contributed by atoms with Gasteiger partial charge in [0.2, 0.25) is 0 Å². The van der Waals surface area contributed by atoms with Gasteiger partial charge < -0.3 is 21.3 Å². The second-order valence-electron chi connectivity index (χ2n) is 9.51. The molecule has 0 aromatic heterocycles. The van der Waals surface area contributed by atoms with E-state index in [1.54, 1.807) is 0 Å². The summed E-state index contributed by atoms with van der Waals surface area (Å²) in [6.45, 7) is -1.29. The van der Waals surface area contributed by atoms with Crippen molar-refractivity contribution >= 4 is 58.4 Å². The first kappa shape index (κ1) is 31.3. The largest absolute Gasteiger partial charge is 0.397 e. The number of hydrogen-bond donors (Lipinski definition) is 5. The highest BCUT2D eigenvalue weighted by atomic mass is 32.2. The lowest BCUT2D eigenvalue weighted by Gasteiger charge is -2.24. The predicted molar refractivity (Wildman–Crippen MR) is 153 cm³/mol. The van der Waals surface area contributed by atoms with Crippen LogP contribution in [0, 0.1) is 0 Å². The molecule has 16 heteroatoms. The molecule has 13 nitrogen and oxygen atoms in total. The molecular weight excluding hydrogens is 612 g/mol. The summed E-state index contributed by atoms with van der Waals surface area (Å²) in [4.78, 5) is 26.2. The van der Waals surface area contributed by atoms with Gasteiger partial charge in [-0.3, -0.25) is 14.1 Å². The van der Waals surface area contributed by atoms with Crippen LogP contribution in [0.2, 0.25) is 0 Å². The third-order valence-corrected chi connectivity index (χ3v) is 10.5. The molecule has 224 valence electrons. The van der Waals surface area contributed by atoms with Crippen molar-refractivity contribution < 1.29 is 49.6 Å². The number of benzene rings is 3. The van der Waals surface area contributed by atoms with Gasteiger partial charge in [0, 0.05) is 16.8 Å². The molecule has 4 rings (SSSR count). The Labute approximate surface area is 241 Å². The number of anilines is 3. The molecule has 42 heavy (non-hydrogen) atoms. The van der Waals surface area contributed by atoms with Gasteiger partial charge in [-0.15, -0.1) is 0 Å². The summed E-state index contributed by atoms with van der Waals surface area (Å²) in [6.07, 6.45) is 0. The van der Waals surface area contributed by atoms with E-state index in [-0.39, 0.29) is 39.2 Å². The third-order valence-electron chi connectivity index (χ3n) is 6.49. The second kappa shape index (κ2) is 11.5. The van der Waals surface area contributed by atoms with Crippen LogP contribution in [-0.2, 0) is 41.3 Å². The Morgan fingerprint density at radius 1 is 0.714 bits per heavy atom. The minimum atomic E-state index is -5.04. The highest BCUT2D eigenvalue weighted by Gasteiger charge is 2.36. The number of carbonyl (C=O) groups is 2. The highest BCUT2D eigenvalue weighted by molar-refractivity contribution is 7.90. The van der Waals surface area contributed by atoms with Crippen LogP contribution in [0.15, 0.2) is 53.4 Å². The van der Waals surface area contributed by atoms with Gasteiger partial charge in [-0.2, -0.15) is 8.42 Å². The zero-order valence-corrected chi connectivity index (χ0v) is 24.2. The van der Waals surface area contributed by atoms with Gasteiger partial charge in [-0.05, 0) is 23.3 Å². The lowest BCUT2D eigenvalue weighted by Crippen LogP contribution is -2.25. The monoisotopic (exact) mass is 638 g/mol. The zero-order chi connectivity index (χ0) is 31.0. The van der Waals surface area contributed by atoms with Crippen molar-refractivity contribution in [2.24, 2.45) is 0 Å². The molecule has 0 spiro atoms. The standard InChI is InChI=1S/C26H26N2O11S3/c27-24-21(42(37,38)39)12-20(22-23(24)26(32)18-4-2-1-3-17(18)25(22)31)28-19-11-15(13-40(33,34)9-7-29)5-6-16(19)14-41(35,36)10-8-30/h1-6,11-12,28-30H,7-10,13-14,27H2,(H,37,38,39). The van der Waals surface area contributed by atoms with Crippen molar-refractivity contribution in [3.8, 4) is 0 Å². The molecule has 0 amide bonds. The molecule has 1 aliphatic carbocycles. The van der Waals surface area contributed by atoms with Crippen molar-refractivity contribution in [3.63, 3.8) is 0 Å². The lowest BCUT2D eigenvalue weighted by molar-refractivity contribution is 0.0980. The van der Waals surface area contributed by atoms with Crippen LogP contribution in [0.25, 0.3) is 0 Å². The number of aliphatic hydroxyl groups is 2. The Hall–Kier alpha value is -3.67. The van der Waals surface area contributed by atoms with E-state index in [2.05, 4.69) is 5.32 Å². The fraction of sp³-hybridized carbons (Fsp3) is 0.231. The van der Waals surface area contributed by atoms with Crippen LogP contribution in [0.3, 0.4) is 0 Å². The number of nitrogen functional groups attached to an aromatic ring is 1. The molecule has 0 fully saturated rings. The average Bonchev–Trinajstić information content (AvgIpc) is 2.88. The zero-order valence-electron chi connectivity index (χ0n) is 21.8. The van der Waals surface area contributed by atoms with Crippen LogP contribution in [0.4, 0.5) is 17.1 Å². The number of hydrogen-bond acceptors (Lipinski definition) is 12. The summed E-state index contributed by atoms with van der Waals surface area (Å²) >= 11 is 0. The molecule has 0 unspecified atom stereocenters. The summed E-state index contributed by atoms with van der Waals surface area (Å²) in [5.74, 6) is -3.83. The van der Waals surface area contributed by atoms with Gasteiger partial charge in [-0.25, -0.2) is 16.8 Å². The Morgan fingerprint density at radius 3 is 1.81 bits per heavy atom. The van der Waals surface area contributed by atoms with Crippen LogP contribution in [-0.4, -0.2) is 76.3 Å². The van der Waals surface area contributed by atoms with Gasteiger partial charge in [-0.1, -0.05) is 36.4 Å². The van der Waals surface area contributed by atoms with E-state index in [1.807, 2.05) is 0 Å². The molecule has 0 atom stereocenters. The molecule has 1 aliphatic rings.